The summed E-state index contributed by atoms with van der Waals surface area (Å²) in [7, 11) is 0. The molecule has 0 radical (unpaired) electrons. The second kappa shape index (κ2) is 6.27. The maximum atomic E-state index is 6.09. The van der Waals surface area contributed by atoms with Crippen LogP contribution in [0, 0.1) is 0 Å². The van der Waals surface area contributed by atoms with E-state index in [9.17, 15) is 0 Å². The lowest BCUT2D eigenvalue weighted by atomic mass is 10.2. The molecule has 1 fully saturated rings. The number of hydrogen-bond acceptors (Lipinski definition) is 2. The molecule has 0 atom stereocenters. The third-order valence-corrected chi connectivity index (χ3v) is 3.47. The zero-order valence-corrected chi connectivity index (χ0v) is 11.2. The van der Waals surface area contributed by atoms with E-state index >= 15 is 0 Å². The van der Waals surface area contributed by atoms with Crippen molar-refractivity contribution < 1.29 is 0 Å². The van der Waals surface area contributed by atoms with Crippen molar-refractivity contribution in [2.24, 2.45) is 5.10 Å². The fourth-order valence-corrected chi connectivity index (χ4v) is 2.38. The van der Waals surface area contributed by atoms with Gasteiger partial charge in [0.1, 0.15) is 0 Å². The molecule has 0 aliphatic carbocycles. The van der Waals surface area contributed by atoms with E-state index in [0.29, 0.717) is 10.0 Å². The molecule has 0 aromatic heterocycles. The lowest BCUT2D eigenvalue weighted by molar-refractivity contribution is 0.302. The van der Waals surface area contributed by atoms with Gasteiger partial charge in [0.25, 0.3) is 0 Å². The Morgan fingerprint density at radius 1 is 1.06 bits per heavy atom. The van der Waals surface area contributed by atoms with Crippen molar-refractivity contribution in [2.45, 2.75) is 25.7 Å². The zero-order valence-electron chi connectivity index (χ0n) is 9.70. The molecule has 2 rings (SSSR count). The second-order valence-electron chi connectivity index (χ2n) is 4.28. The van der Waals surface area contributed by atoms with Crippen LogP contribution in [0.15, 0.2) is 23.3 Å². The van der Waals surface area contributed by atoms with Gasteiger partial charge in [-0.05, 0) is 25.0 Å². The minimum absolute atomic E-state index is 0.649. The quantitative estimate of drug-likeness (QED) is 0.736. The molecule has 1 aliphatic heterocycles. The van der Waals surface area contributed by atoms with E-state index in [1.165, 1.54) is 25.7 Å². The molecule has 1 aromatic carbocycles. The normalized spacial score (nSPS) is 17.4. The Morgan fingerprint density at radius 3 is 2.41 bits per heavy atom. The molecular weight excluding hydrogens is 255 g/mol. The average molecular weight is 271 g/mol. The fourth-order valence-electron chi connectivity index (χ4n) is 1.92. The maximum absolute atomic E-state index is 6.09. The van der Waals surface area contributed by atoms with Crippen LogP contribution < -0.4 is 0 Å². The van der Waals surface area contributed by atoms with Gasteiger partial charge in [-0.2, -0.15) is 5.10 Å². The smallest absolute Gasteiger partial charge is 0.0557 e. The van der Waals surface area contributed by atoms with Crippen LogP contribution in [-0.2, 0) is 0 Å². The lowest BCUT2D eigenvalue weighted by Gasteiger charge is -2.15. The van der Waals surface area contributed by atoms with Crippen LogP contribution in [0.3, 0.4) is 0 Å². The van der Waals surface area contributed by atoms with Crippen molar-refractivity contribution in [3.8, 4) is 0 Å². The van der Waals surface area contributed by atoms with E-state index in [0.717, 1.165) is 18.7 Å². The molecule has 1 aliphatic rings. The molecule has 0 N–H and O–H groups in total. The Bertz CT molecular complexity index is 396. The molecule has 1 saturated heterocycles. The van der Waals surface area contributed by atoms with E-state index in [1.54, 1.807) is 6.07 Å². The van der Waals surface area contributed by atoms with E-state index in [2.05, 4.69) is 10.1 Å². The van der Waals surface area contributed by atoms with Crippen LogP contribution >= 0.6 is 23.2 Å². The summed E-state index contributed by atoms with van der Waals surface area (Å²) in [6, 6.07) is 5.47. The Morgan fingerprint density at radius 2 is 1.76 bits per heavy atom. The summed E-state index contributed by atoms with van der Waals surface area (Å²) in [5, 5.41) is 7.91. The molecular formula is C13H16Cl2N2. The van der Waals surface area contributed by atoms with Gasteiger partial charge >= 0.3 is 0 Å². The van der Waals surface area contributed by atoms with Crippen LogP contribution in [-0.4, -0.2) is 24.3 Å². The van der Waals surface area contributed by atoms with E-state index in [-0.39, 0.29) is 0 Å². The van der Waals surface area contributed by atoms with Crippen LogP contribution in [0.2, 0.25) is 10.0 Å². The molecule has 0 saturated carbocycles. The molecule has 0 spiro atoms. The van der Waals surface area contributed by atoms with Gasteiger partial charge in [-0.25, -0.2) is 0 Å². The molecule has 1 aromatic rings. The number of rotatable bonds is 2. The van der Waals surface area contributed by atoms with Gasteiger partial charge in [0.05, 0.1) is 11.2 Å². The number of hydrogen-bond donors (Lipinski definition) is 0. The van der Waals surface area contributed by atoms with E-state index < -0.39 is 0 Å². The van der Waals surface area contributed by atoms with Crippen molar-refractivity contribution in [3.63, 3.8) is 0 Å². The summed E-state index contributed by atoms with van der Waals surface area (Å²) in [6.45, 7) is 2.09. The first kappa shape index (κ1) is 12.7. The molecule has 1 heterocycles. The lowest BCUT2D eigenvalue weighted by Crippen LogP contribution is -2.18. The van der Waals surface area contributed by atoms with Gasteiger partial charge in [-0.1, -0.05) is 42.1 Å². The molecule has 4 heteroatoms. The summed E-state index contributed by atoms with van der Waals surface area (Å²) in [5.74, 6) is 0. The van der Waals surface area contributed by atoms with Crippen molar-refractivity contribution in [1.29, 1.82) is 0 Å². The predicted octanol–water partition coefficient (Wildman–Crippen LogP) is 4.20. The molecule has 0 unspecified atom stereocenters. The molecule has 92 valence electrons. The van der Waals surface area contributed by atoms with Crippen LogP contribution in [0.25, 0.3) is 0 Å². The number of hydrazone groups is 1. The first-order valence-corrected chi connectivity index (χ1v) is 6.75. The minimum atomic E-state index is 0.649. The van der Waals surface area contributed by atoms with Crippen LogP contribution in [0.1, 0.15) is 31.2 Å². The Balaban J connectivity index is 2.03. The minimum Gasteiger partial charge on any atom is -0.297 e. The molecule has 17 heavy (non-hydrogen) atoms. The number of halogens is 2. The van der Waals surface area contributed by atoms with Gasteiger partial charge in [-0.3, -0.25) is 5.01 Å². The molecule has 0 amide bonds. The summed E-state index contributed by atoms with van der Waals surface area (Å²) >= 11 is 11.9. The summed E-state index contributed by atoms with van der Waals surface area (Å²) in [5.41, 5.74) is 0.917. The zero-order chi connectivity index (χ0) is 12.1. The van der Waals surface area contributed by atoms with Gasteiger partial charge in [0.2, 0.25) is 0 Å². The Labute approximate surface area is 112 Å². The summed E-state index contributed by atoms with van der Waals surface area (Å²) in [4.78, 5) is 0. The van der Waals surface area contributed by atoms with Gasteiger partial charge < -0.3 is 0 Å². The average Bonchev–Trinajstić information content (AvgIpc) is 2.56. The topological polar surface area (TPSA) is 15.6 Å². The third kappa shape index (κ3) is 3.90. The van der Waals surface area contributed by atoms with E-state index in [4.69, 9.17) is 23.2 Å². The number of nitrogens with zero attached hydrogens (tertiary/aromatic N) is 2. The van der Waals surface area contributed by atoms with Crippen LogP contribution in [0.5, 0.6) is 0 Å². The first-order chi connectivity index (χ1) is 8.25. The second-order valence-corrected chi connectivity index (χ2v) is 5.12. The summed E-state index contributed by atoms with van der Waals surface area (Å²) in [6.07, 6.45) is 6.91. The van der Waals surface area contributed by atoms with Crippen molar-refractivity contribution in [3.05, 3.63) is 33.8 Å². The van der Waals surface area contributed by atoms with Gasteiger partial charge in [0, 0.05) is 23.7 Å². The highest BCUT2D eigenvalue weighted by atomic mass is 35.5. The fraction of sp³-hybridized carbons (Fsp3) is 0.462. The standard InChI is InChI=1S/C13H16Cl2N2/c14-12-6-5-11(13(15)9-12)10-16-17-7-3-1-2-4-8-17/h5-6,9-10H,1-4,7-8H2/b16-10-. The van der Waals surface area contributed by atoms with Crippen molar-refractivity contribution >= 4 is 29.4 Å². The Kier molecular flexibility index (Phi) is 4.69. The monoisotopic (exact) mass is 270 g/mol. The highest BCUT2D eigenvalue weighted by Crippen LogP contribution is 2.19. The highest BCUT2D eigenvalue weighted by molar-refractivity contribution is 6.36. The van der Waals surface area contributed by atoms with Crippen LogP contribution in [0.4, 0.5) is 0 Å². The highest BCUT2D eigenvalue weighted by Gasteiger charge is 2.05. The van der Waals surface area contributed by atoms with Crippen molar-refractivity contribution in [1.82, 2.24) is 5.01 Å². The predicted molar refractivity (Wildman–Crippen MR) is 74.1 cm³/mol. The largest absolute Gasteiger partial charge is 0.297 e. The molecule has 2 nitrogen and oxygen atoms in total. The third-order valence-electron chi connectivity index (χ3n) is 2.91. The molecule has 0 bridgehead atoms. The Hall–Kier alpha value is -0.730. The first-order valence-electron chi connectivity index (χ1n) is 6.00. The summed E-state index contributed by atoms with van der Waals surface area (Å²) < 4.78 is 0. The van der Waals surface area contributed by atoms with Gasteiger partial charge in [-0.15, -0.1) is 0 Å². The van der Waals surface area contributed by atoms with E-state index in [1.807, 2.05) is 18.3 Å². The maximum Gasteiger partial charge on any atom is 0.0557 e. The number of benzene rings is 1. The SMILES string of the molecule is Clc1ccc(/C=N\N2CCCCCC2)c(Cl)c1. The van der Waals surface area contributed by atoms with Gasteiger partial charge in [0.15, 0.2) is 0 Å². The van der Waals surface area contributed by atoms with Crippen molar-refractivity contribution in [2.75, 3.05) is 13.1 Å².